The Kier molecular flexibility index (Phi) is 6.88. The van der Waals surface area contributed by atoms with Crippen molar-refractivity contribution in [3.63, 3.8) is 0 Å². The first-order valence-corrected chi connectivity index (χ1v) is 9.64. The third-order valence-corrected chi connectivity index (χ3v) is 4.99. The van der Waals surface area contributed by atoms with Crippen molar-refractivity contribution in [3.8, 4) is 0 Å². The third kappa shape index (κ3) is 4.10. The van der Waals surface area contributed by atoms with Crippen LogP contribution in [0.1, 0.15) is 82.3 Å². The Morgan fingerprint density at radius 1 is 0.741 bits per heavy atom. The average molecular weight is 374 g/mol. The lowest BCUT2D eigenvalue weighted by Crippen LogP contribution is -2.08. The Balaban J connectivity index is 2.42. The summed E-state index contributed by atoms with van der Waals surface area (Å²) in [6.45, 7) is 12.4. The minimum atomic E-state index is -0.326. The van der Waals surface area contributed by atoms with E-state index in [0.717, 1.165) is 46.5 Å². The molecule has 0 radical (unpaired) electrons. The Hall–Kier alpha value is -2.50. The van der Waals surface area contributed by atoms with E-state index in [4.69, 9.17) is 9.47 Å². The molecule has 0 aliphatic carbocycles. The number of hydrogen-bond donors (Lipinski definition) is 2. The van der Waals surface area contributed by atoms with Crippen molar-refractivity contribution < 1.29 is 19.1 Å². The predicted molar refractivity (Wildman–Crippen MR) is 105 cm³/mol. The molecule has 6 heteroatoms. The molecule has 27 heavy (non-hydrogen) atoms. The molecule has 2 aromatic heterocycles. The second-order valence-electron chi connectivity index (χ2n) is 6.49. The minimum Gasteiger partial charge on any atom is -0.461 e. The van der Waals surface area contributed by atoms with Gasteiger partial charge >= 0.3 is 11.9 Å². The van der Waals surface area contributed by atoms with Crippen LogP contribution in [0, 0.1) is 13.8 Å². The number of carbonyl (C=O) groups excluding carboxylic acids is 2. The Morgan fingerprint density at radius 3 is 1.41 bits per heavy atom. The third-order valence-electron chi connectivity index (χ3n) is 4.99. The largest absolute Gasteiger partial charge is 0.461 e. The van der Waals surface area contributed by atoms with E-state index in [2.05, 4.69) is 9.97 Å². The number of aromatic nitrogens is 2. The first-order chi connectivity index (χ1) is 12.9. The average Bonchev–Trinajstić information content (AvgIpc) is 3.13. The number of ether oxygens (including phenoxy) is 2. The van der Waals surface area contributed by atoms with E-state index < -0.39 is 0 Å². The first-order valence-electron chi connectivity index (χ1n) is 9.64. The van der Waals surface area contributed by atoms with Crippen molar-refractivity contribution in [2.24, 2.45) is 0 Å². The lowest BCUT2D eigenvalue weighted by atomic mass is 10.0. The van der Waals surface area contributed by atoms with E-state index in [1.807, 2.05) is 27.7 Å². The molecule has 0 aliphatic heterocycles. The van der Waals surface area contributed by atoms with Crippen molar-refractivity contribution in [1.29, 1.82) is 0 Å². The molecule has 0 saturated carbocycles. The number of hydrogen-bond acceptors (Lipinski definition) is 4. The van der Waals surface area contributed by atoms with Gasteiger partial charge in [0.2, 0.25) is 0 Å². The maximum Gasteiger partial charge on any atom is 0.355 e. The Morgan fingerprint density at radius 2 is 1.11 bits per heavy atom. The van der Waals surface area contributed by atoms with Gasteiger partial charge in [-0.15, -0.1) is 0 Å². The van der Waals surface area contributed by atoms with Crippen LogP contribution in [0.3, 0.4) is 0 Å². The van der Waals surface area contributed by atoms with Gasteiger partial charge in [-0.25, -0.2) is 9.59 Å². The highest BCUT2D eigenvalue weighted by Gasteiger charge is 2.23. The molecule has 2 heterocycles. The minimum absolute atomic E-state index is 0.326. The van der Waals surface area contributed by atoms with E-state index in [0.29, 0.717) is 31.0 Å². The molecule has 6 nitrogen and oxygen atoms in total. The quantitative estimate of drug-likeness (QED) is 0.683. The topological polar surface area (TPSA) is 84.2 Å². The summed E-state index contributed by atoms with van der Waals surface area (Å²) in [5.41, 5.74) is 7.04. The lowest BCUT2D eigenvalue weighted by molar-refractivity contribution is 0.0509. The SMILES string of the molecule is CCOC(=O)c1[nH]c(Cc2[nH]c(C(=O)OCC)c(CC)c2C)c(C)c1CC. The Bertz CT molecular complexity index is 762. The molecular formula is C21H30N2O4. The number of rotatable bonds is 8. The molecule has 2 N–H and O–H groups in total. The Labute approximate surface area is 160 Å². The highest BCUT2D eigenvalue weighted by atomic mass is 16.5. The fourth-order valence-corrected chi connectivity index (χ4v) is 3.55. The van der Waals surface area contributed by atoms with E-state index in [1.54, 1.807) is 13.8 Å². The fourth-order valence-electron chi connectivity index (χ4n) is 3.55. The van der Waals surface area contributed by atoms with Crippen molar-refractivity contribution >= 4 is 11.9 Å². The van der Waals surface area contributed by atoms with Crippen LogP contribution in [0.5, 0.6) is 0 Å². The normalized spacial score (nSPS) is 10.9. The van der Waals surface area contributed by atoms with Crippen molar-refractivity contribution in [2.75, 3.05) is 13.2 Å². The smallest absolute Gasteiger partial charge is 0.355 e. The molecule has 2 rings (SSSR count). The first kappa shape index (κ1) is 20.8. The van der Waals surface area contributed by atoms with E-state index in [9.17, 15) is 9.59 Å². The van der Waals surface area contributed by atoms with Gasteiger partial charge in [0, 0.05) is 17.8 Å². The van der Waals surface area contributed by atoms with Gasteiger partial charge in [-0.05, 0) is 62.8 Å². The summed E-state index contributed by atoms with van der Waals surface area (Å²) < 4.78 is 10.3. The van der Waals surface area contributed by atoms with Gasteiger partial charge in [-0.1, -0.05) is 13.8 Å². The number of nitrogens with one attached hydrogen (secondary N) is 2. The predicted octanol–water partition coefficient (Wildman–Crippen LogP) is 4.03. The van der Waals surface area contributed by atoms with Gasteiger partial charge < -0.3 is 19.4 Å². The molecule has 0 unspecified atom stereocenters. The standard InChI is InChI=1S/C21H30N2O4/c1-7-14-12(5)16(22-18(14)20(24)26-9-3)11-17-13(6)15(8-2)19(23-17)21(25)27-10-4/h22-23H,7-11H2,1-6H3. The summed E-state index contributed by atoms with van der Waals surface area (Å²) in [6, 6.07) is 0. The number of carbonyl (C=O) groups is 2. The van der Waals surface area contributed by atoms with Crippen molar-refractivity contribution in [1.82, 2.24) is 9.97 Å². The summed E-state index contributed by atoms with van der Waals surface area (Å²) in [6.07, 6.45) is 2.07. The second-order valence-corrected chi connectivity index (χ2v) is 6.49. The monoisotopic (exact) mass is 374 g/mol. The van der Waals surface area contributed by atoms with Crippen LogP contribution in [0.15, 0.2) is 0 Å². The molecule has 148 valence electrons. The summed E-state index contributed by atoms with van der Waals surface area (Å²) in [7, 11) is 0. The zero-order valence-electron chi connectivity index (χ0n) is 17.2. The summed E-state index contributed by atoms with van der Waals surface area (Å²) in [5.74, 6) is -0.651. The van der Waals surface area contributed by atoms with Crippen LogP contribution < -0.4 is 0 Å². The molecule has 0 saturated heterocycles. The molecule has 0 aromatic carbocycles. The number of H-pyrrole nitrogens is 2. The van der Waals surface area contributed by atoms with E-state index in [-0.39, 0.29) is 11.9 Å². The molecule has 0 fully saturated rings. The summed E-state index contributed by atoms with van der Waals surface area (Å²) in [4.78, 5) is 31.0. The summed E-state index contributed by atoms with van der Waals surface area (Å²) in [5, 5.41) is 0. The van der Waals surface area contributed by atoms with E-state index in [1.165, 1.54) is 0 Å². The van der Waals surface area contributed by atoms with Crippen LogP contribution in [0.2, 0.25) is 0 Å². The zero-order valence-corrected chi connectivity index (χ0v) is 17.2. The maximum absolute atomic E-state index is 12.3. The van der Waals surface area contributed by atoms with Crippen molar-refractivity contribution in [3.05, 3.63) is 45.0 Å². The molecular weight excluding hydrogens is 344 g/mol. The number of aromatic amines is 2. The van der Waals surface area contributed by atoms with E-state index >= 15 is 0 Å². The molecule has 0 atom stereocenters. The van der Waals surface area contributed by atoms with Crippen molar-refractivity contribution in [2.45, 2.75) is 60.8 Å². The van der Waals surface area contributed by atoms with Crippen LogP contribution in [0.25, 0.3) is 0 Å². The lowest BCUT2D eigenvalue weighted by Gasteiger charge is -2.02. The highest BCUT2D eigenvalue weighted by Crippen LogP contribution is 2.26. The number of esters is 2. The van der Waals surface area contributed by atoms with Crippen LogP contribution in [0.4, 0.5) is 0 Å². The molecule has 0 aliphatic rings. The van der Waals surface area contributed by atoms with Gasteiger partial charge in [0.25, 0.3) is 0 Å². The molecule has 2 aromatic rings. The highest BCUT2D eigenvalue weighted by molar-refractivity contribution is 5.90. The van der Waals surface area contributed by atoms with Crippen LogP contribution >= 0.6 is 0 Å². The molecule has 0 bridgehead atoms. The maximum atomic E-state index is 12.3. The second kappa shape index (κ2) is 8.93. The van der Waals surface area contributed by atoms with Gasteiger partial charge in [-0.2, -0.15) is 0 Å². The van der Waals surface area contributed by atoms with Gasteiger partial charge in [-0.3, -0.25) is 0 Å². The summed E-state index contributed by atoms with van der Waals surface area (Å²) >= 11 is 0. The molecule has 0 amide bonds. The van der Waals surface area contributed by atoms with Crippen LogP contribution in [-0.4, -0.2) is 35.1 Å². The van der Waals surface area contributed by atoms with Gasteiger partial charge in [0.1, 0.15) is 11.4 Å². The van der Waals surface area contributed by atoms with Crippen LogP contribution in [-0.2, 0) is 28.7 Å². The fraction of sp³-hybridized carbons (Fsp3) is 0.524. The van der Waals surface area contributed by atoms with Gasteiger partial charge in [0.15, 0.2) is 0 Å². The van der Waals surface area contributed by atoms with Gasteiger partial charge in [0.05, 0.1) is 13.2 Å². The zero-order chi connectivity index (χ0) is 20.1. The molecule has 0 spiro atoms.